The first-order valence-electron chi connectivity index (χ1n) is 3.46. The molecule has 0 aromatic rings. The Morgan fingerprint density at radius 3 is 2.22 bits per heavy atom. The van der Waals surface area contributed by atoms with Crippen LogP contribution in [0.2, 0.25) is 0 Å². The summed E-state index contributed by atoms with van der Waals surface area (Å²) in [7, 11) is 0. The van der Waals surface area contributed by atoms with E-state index in [0.29, 0.717) is 0 Å². The maximum atomic E-state index is 5.67. The number of hydrogen-bond donors (Lipinski definition) is 3. The number of hydrogen-bond acceptors (Lipinski definition) is 3. The van der Waals surface area contributed by atoms with Crippen LogP contribution in [0.25, 0.3) is 0 Å². The van der Waals surface area contributed by atoms with Gasteiger partial charge in [-0.2, -0.15) is 0 Å². The Kier molecular flexibility index (Phi) is 1.75. The van der Waals surface area contributed by atoms with Crippen LogP contribution in [0.3, 0.4) is 0 Å². The summed E-state index contributed by atoms with van der Waals surface area (Å²) >= 11 is 0. The molecule has 0 aromatic heterocycles. The van der Waals surface area contributed by atoms with Crippen molar-refractivity contribution in [1.29, 1.82) is 0 Å². The molecule has 0 heterocycles. The fourth-order valence-corrected chi connectivity index (χ4v) is 1.25. The van der Waals surface area contributed by atoms with Gasteiger partial charge in [-0.05, 0) is 12.8 Å². The van der Waals surface area contributed by atoms with Gasteiger partial charge in [0.05, 0.1) is 5.66 Å². The second-order valence-corrected chi connectivity index (χ2v) is 2.96. The van der Waals surface area contributed by atoms with Crippen LogP contribution in [-0.2, 0) is 0 Å². The zero-order valence-corrected chi connectivity index (χ0v) is 5.64. The van der Waals surface area contributed by atoms with Gasteiger partial charge in [-0.1, -0.05) is 12.8 Å². The summed E-state index contributed by atoms with van der Waals surface area (Å²) in [5.41, 5.74) is 16.4. The summed E-state index contributed by atoms with van der Waals surface area (Å²) in [6.45, 7) is 0. The molecule has 0 spiro atoms. The molecule has 54 valence electrons. The van der Waals surface area contributed by atoms with Gasteiger partial charge in [0.2, 0.25) is 0 Å². The fourth-order valence-electron chi connectivity index (χ4n) is 1.25. The first kappa shape index (κ1) is 6.99. The van der Waals surface area contributed by atoms with E-state index in [2.05, 4.69) is 0 Å². The van der Waals surface area contributed by atoms with Crippen LogP contribution in [0.1, 0.15) is 25.7 Å². The van der Waals surface area contributed by atoms with E-state index >= 15 is 0 Å². The molecule has 9 heavy (non-hydrogen) atoms. The third-order valence-electron chi connectivity index (χ3n) is 2.07. The lowest BCUT2D eigenvalue weighted by atomic mass is 9.86. The van der Waals surface area contributed by atoms with Crippen LogP contribution < -0.4 is 17.2 Å². The van der Waals surface area contributed by atoms with Gasteiger partial charge in [-0.15, -0.1) is 0 Å². The van der Waals surface area contributed by atoms with Crippen LogP contribution in [0.5, 0.6) is 0 Å². The lowest BCUT2D eigenvalue weighted by Crippen LogP contribution is -2.63. The maximum Gasteiger partial charge on any atom is 0.0792 e. The first-order valence-corrected chi connectivity index (χ1v) is 3.46. The van der Waals surface area contributed by atoms with Crippen molar-refractivity contribution in [2.24, 2.45) is 17.2 Å². The Morgan fingerprint density at radius 1 is 1.22 bits per heavy atom. The first-order chi connectivity index (χ1) is 4.13. The molecule has 1 rings (SSSR count). The van der Waals surface area contributed by atoms with Crippen LogP contribution in [-0.4, -0.2) is 11.7 Å². The summed E-state index contributed by atoms with van der Waals surface area (Å²) in [5, 5.41) is 0. The van der Waals surface area contributed by atoms with E-state index in [1.807, 2.05) is 0 Å². The molecule has 0 saturated heterocycles. The monoisotopic (exact) mass is 129 g/mol. The quantitative estimate of drug-likeness (QED) is 0.386. The molecule has 1 fully saturated rings. The van der Waals surface area contributed by atoms with Gasteiger partial charge < -0.3 is 17.2 Å². The molecule has 0 aromatic carbocycles. The Balaban J connectivity index is 2.49. The van der Waals surface area contributed by atoms with Crippen LogP contribution in [0.4, 0.5) is 0 Å². The van der Waals surface area contributed by atoms with Crippen molar-refractivity contribution in [1.82, 2.24) is 0 Å². The molecule has 3 heteroatoms. The van der Waals surface area contributed by atoms with Gasteiger partial charge >= 0.3 is 0 Å². The molecule has 0 radical (unpaired) electrons. The molecule has 0 unspecified atom stereocenters. The Labute approximate surface area is 55.6 Å². The van der Waals surface area contributed by atoms with Crippen LogP contribution in [0, 0.1) is 0 Å². The molecule has 0 amide bonds. The van der Waals surface area contributed by atoms with Crippen LogP contribution >= 0.6 is 0 Å². The topological polar surface area (TPSA) is 78.1 Å². The Morgan fingerprint density at radius 2 is 1.89 bits per heavy atom. The van der Waals surface area contributed by atoms with Gasteiger partial charge in [0.1, 0.15) is 0 Å². The summed E-state index contributed by atoms with van der Waals surface area (Å²) in [6.07, 6.45) is 4.15. The SMILES string of the molecule is N[C@H]1CCCCC1(N)N. The van der Waals surface area contributed by atoms with Crippen molar-refractivity contribution in [3.63, 3.8) is 0 Å². The molecular formula is C6H15N3. The summed E-state index contributed by atoms with van der Waals surface area (Å²) in [6, 6.07) is 0.00579. The minimum atomic E-state index is -0.585. The van der Waals surface area contributed by atoms with Crippen molar-refractivity contribution < 1.29 is 0 Å². The van der Waals surface area contributed by atoms with Crippen molar-refractivity contribution in [2.45, 2.75) is 37.4 Å². The molecule has 1 aliphatic rings. The maximum absolute atomic E-state index is 5.67. The minimum Gasteiger partial charge on any atom is -0.325 e. The normalized spacial score (nSPS) is 34.3. The molecule has 3 nitrogen and oxygen atoms in total. The molecular weight excluding hydrogens is 114 g/mol. The predicted octanol–water partition coefficient (Wildman–Crippen LogP) is -0.499. The summed E-state index contributed by atoms with van der Waals surface area (Å²) in [4.78, 5) is 0. The van der Waals surface area contributed by atoms with Crippen molar-refractivity contribution in [2.75, 3.05) is 0 Å². The standard InChI is InChI=1S/C6H15N3/c7-5-3-1-2-4-6(5,8)9/h5H,1-4,7-9H2/t5-/m0/s1. The van der Waals surface area contributed by atoms with Crippen molar-refractivity contribution in [3.8, 4) is 0 Å². The summed E-state index contributed by atoms with van der Waals surface area (Å²) in [5.74, 6) is 0. The van der Waals surface area contributed by atoms with Gasteiger partial charge in [-0.25, -0.2) is 0 Å². The average Bonchev–Trinajstić information content (AvgIpc) is 1.77. The van der Waals surface area contributed by atoms with E-state index in [-0.39, 0.29) is 6.04 Å². The van der Waals surface area contributed by atoms with E-state index in [1.54, 1.807) is 0 Å². The lowest BCUT2D eigenvalue weighted by Gasteiger charge is -2.35. The van der Waals surface area contributed by atoms with Gasteiger partial charge in [0, 0.05) is 6.04 Å². The van der Waals surface area contributed by atoms with Gasteiger partial charge in [0.25, 0.3) is 0 Å². The highest BCUT2D eigenvalue weighted by Crippen LogP contribution is 2.19. The summed E-state index contributed by atoms with van der Waals surface area (Å²) < 4.78 is 0. The zero-order chi connectivity index (χ0) is 6.91. The van der Waals surface area contributed by atoms with Gasteiger partial charge in [-0.3, -0.25) is 0 Å². The van der Waals surface area contributed by atoms with Crippen molar-refractivity contribution in [3.05, 3.63) is 0 Å². The fraction of sp³-hybridized carbons (Fsp3) is 1.00. The minimum absolute atomic E-state index is 0.00579. The van der Waals surface area contributed by atoms with E-state index in [1.165, 1.54) is 6.42 Å². The molecule has 1 atom stereocenters. The Bertz CT molecular complexity index is 100. The van der Waals surface area contributed by atoms with E-state index < -0.39 is 5.66 Å². The van der Waals surface area contributed by atoms with E-state index in [0.717, 1.165) is 19.3 Å². The van der Waals surface area contributed by atoms with Crippen molar-refractivity contribution >= 4 is 0 Å². The molecule has 1 aliphatic carbocycles. The highest BCUT2D eigenvalue weighted by molar-refractivity contribution is 4.91. The third kappa shape index (κ3) is 1.41. The van der Waals surface area contributed by atoms with Crippen LogP contribution in [0.15, 0.2) is 0 Å². The van der Waals surface area contributed by atoms with E-state index in [4.69, 9.17) is 17.2 Å². The van der Waals surface area contributed by atoms with Gasteiger partial charge in [0.15, 0.2) is 0 Å². The lowest BCUT2D eigenvalue weighted by molar-refractivity contribution is 0.261. The molecule has 0 aliphatic heterocycles. The second kappa shape index (κ2) is 2.25. The molecule has 1 saturated carbocycles. The zero-order valence-electron chi connectivity index (χ0n) is 5.64. The van der Waals surface area contributed by atoms with E-state index in [9.17, 15) is 0 Å². The highest BCUT2D eigenvalue weighted by atomic mass is 15.0. The number of rotatable bonds is 0. The second-order valence-electron chi connectivity index (χ2n) is 2.96. The Hall–Kier alpha value is -0.120. The molecule has 0 bridgehead atoms. The highest BCUT2D eigenvalue weighted by Gasteiger charge is 2.29. The average molecular weight is 129 g/mol. The smallest absolute Gasteiger partial charge is 0.0792 e. The predicted molar refractivity (Wildman–Crippen MR) is 37.5 cm³/mol. The third-order valence-corrected chi connectivity index (χ3v) is 2.07. The number of nitrogens with two attached hydrogens (primary N) is 3. The largest absolute Gasteiger partial charge is 0.325 e. The molecule has 6 N–H and O–H groups in total.